The molecule has 3 N–H and O–H groups in total. The molecule has 0 fully saturated rings. The molecule has 0 aliphatic carbocycles. The van der Waals surface area contributed by atoms with E-state index in [0.717, 1.165) is 0 Å². The SMILES string of the molecule is NC(=O)c1nc(-c2cc(Cl)c(O)c(Cl)c2)no1. The van der Waals surface area contributed by atoms with Gasteiger partial charge in [0.1, 0.15) is 0 Å². The second-order valence-electron chi connectivity index (χ2n) is 3.08. The van der Waals surface area contributed by atoms with Gasteiger partial charge in [0.15, 0.2) is 5.75 Å². The Morgan fingerprint density at radius 2 is 1.94 bits per heavy atom. The minimum absolute atomic E-state index is 0.0397. The summed E-state index contributed by atoms with van der Waals surface area (Å²) >= 11 is 11.5. The maximum Gasteiger partial charge on any atom is 0.316 e. The highest BCUT2D eigenvalue weighted by atomic mass is 35.5. The summed E-state index contributed by atoms with van der Waals surface area (Å²) in [6, 6.07) is 2.77. The number of amides is 1. The Balaban J connectivity index is 2.49. The standard InChI is InChI=1S/C9H5Cl2N3O3/c10-4-1-3(2-5(11)6(4)15)8-13-9(7(12)16)17-14-8/h1-2,15H,(H2,12,16). The number of hydrogen-bond acceptors (Lipinski definition) is 5. The summed E-state index contributed by atoms with van der Waals surface area (Å²) in [5.74, 6) is -1.29. The number of rotatable bonds is 2. The Labute approximate surface area is 105 Å². The first kappa shape index (κ1) is 11.7. The molecule has 8 heteroatoms. The summed E-state index contributed by atoms with van der Waals surface area (Å²) in [5.41, 5.74) is 5.36. The van der Waals surface area contributed by atoms with Crippen molar-refractivity contribution in [1.29, 1.82) is 0 Å². The predicted octanol–water partition coefficient (Wildman–Crippen LogP) is 1.85. The first-order valence-corrected chi connectivity index (χ1v) is 5.06. The molecular weight excluding hydrogens is 269 g/mol. The molecule has 2 rings (SSSR count). The van der Waals surface area contributed by atoms with Crippen LogP contribution in [0.2, 0.25) is 10.0 Å². The lowest BCUT2D eigenvalue weighted by Gasteiger charge is -2.01. The van der Waals surface area contributed by atoms with Crippen molar-refractivity contribution in [1.82, 2.24) is 10.1 Å². The van der Waals surface area contributed by atoms with E-state index in [9.17, 15) is 9.90 Å². The van der Waals surface area contributed by atoms with Crippen molar-refractivity contribution >= 4 is 29.1 Å². The molecule has 2 aromatic rings. The van der Waals surface area contributed by atoms with Crippen molar-refractivity contribution in [3.05, 3.63) is 28.1 Å². The number of benzene rings is 1. The number of phenolic OH excluding ortho intramolecular Hbond substituents is 1. The van der Waals surface area contributed by atoms with E-state index in [1.54, 1.807) is 0 Å². The van der Waals surface area contributed by atoms with Crippen LogP contribution in [0.15, 0.2) is 16.7 Å². The highest BCUT2D eigenvalue weighted by Gasteiger charge is 2.15. The number of aromatic hydroxyl groups is 1. The van der Waals surface area contributed by atoms with Crippen molar-refractivity contribution in [2.75, 3.05) is 0 Å². The lowest BCUT2D eigenvalue weighted by molar-refractivity contribution is 0.0958. The van der Waals surface area contributed by atoms with Crippen LogP contribution in [0.3, 0.4) is 0 Å². The van der Waals surface area contributed by atoms with Crippen LogP contribution in [0.4, 0.5) is 0 Å². The third-order valence-electron chi connectivity index (χ3n) is 1.91. The molecule has 1 aromatic carbocycles. The predicted molar refractivity (Wildman–Crippen MR) is 59.9 cm³/mol. The fourth-order valence-electron chi connectivity index (χ4n) is 1.14. The van der Waals surface area contributed by atoms with E-state index in [0.29, 0.717) is 5.56 Å². The molecule has 0 aliphatic rings. The first-order chi connectivity index (χ1) is 7.99. The molecule has 0 bridgehead atoms. The van der Waals surface area contributed by atoms with E-state index in [4.69, 9.17) is 28.9 Å². The molecule has 1 amide bonds. The van der Waals surface area contributed by atoms with Crippen LogP contribution < -0.4 is 5.73 Å². The molecule has 0 spiro atoms. The number of carbonyl (C=O) groups is 1. The Morgan fingerprint density at radius 1 is 1.35 bits per heavy atom. The summed E-state index contributed by atoms with van der Waals surface area (Å²) in [6.45, 7) is 0. The van der Waals surface area contributed by atoms with Gasteiger partial charge >= 0.3 is 11.8 Å². The van der Waals surface area contributed by atoms with Crippen LogP contribution >= 0.6 is 23.2 Å². The molecular formula is C9H5Cl2N3O3. The minimum atomic E-state index is -0.834. The van der Waals surface area contributed by atoms with Gasteiger partial charge in [-0.15, -0.1) is 0 Å². The lowest BCUT2D eigenvalue weighted by Crippen LogP contribution is -2.10. The van der Waals surface area contributed by atoms with Gasteiger partial charge in [0, 0.05) is 5.56 Å². The van der Waals surface area contributed by atoms with Crippen LogP contribution in [0, 0.1) is 0 Å². The lowest BCUT2D eigenvalue weighted by atomic mass is 10.2. The van der Waals surface area contributed by atoms with E-state index < -0.39 is 5.91 Å². The van der Waals surface area contributed by atoms with E-state index >= 15 is 0 Å². The zero-order valence-electron chi connectivity index (χ0n) is 8.15. The number of primary amides is 1. The normalized spacial score (nSPS) is 10.5. The van der Waals surface area contributed by atoms with Crippen molar-refractivity contribution in [3.63, 3.8) is 0 Å². The second kappa shape index (κ2) is 4.23. The zero-order chi connectivity index (χ0) is 12.6. The van der Waals surface area contributed by atoms with E-state index in [2.05, 4.69) is 14.7 Å². The number of halogens is 2. The summed E-state index contributed by atoms with van der Waals surface area (Å²) in [5, 5.41) is 13.0. The van der Waals surface area contributed by atoms with Crippen LogP contribution in [0.25, 0.3) is 11.4 Å². The molecule has 0 aliphatic heterocycles. The molecule has 6 nitrogen and oxygen atoms in total. The summed E-state index contributed by atoms with van der Waals surface area (Å²) in [7, 11) is 0. The van der Waals surface area contributed by atoms with Crippen LogP contribution in [0.1, 0.15) is 10.7 Å². The quantitative estimate of drug-likeness (QED) is 0.869. The van der Waals surface area contributed by atoms with Crippen molar-refractivity contribution in [2.24, 2.45) is 5.73 Å². The topological polar surface area (TPSA) is 102 Å². The van der Waals surface area contributed by atoms with Crippen molar-refractivity contribution < 1.29 is 14.4 Å². The second-order valence-corrected chi connectivity index (χ2v) is 3.89. The molecule has 1 heterocycles. The Hall–Kier alpha value is -1.79. The van der Waals surface area contributed by atoms with E-state index in [1.165, 1.54) is 12.1 Å². The third kappa shape index (κ3) is 2.17. The largest absolute Gasteiger partial charge is 0.505 e. The number of aromatic nitrogens is 2. The van der Waals surface area contributed by atoms with Gasteiger partial charge in [0.25, 0.3) is 0 Å². The van der Waals surface area contributed by atoms with Gasteiger partial charge in [-0.05, 0) is 12.1 Å². The molecule has 0 saturated carbocycles. The minimum Gasteiger partial charge on any atom is -0.505 e. The zero-order valence-corrected chi connectivity index (χ0v) is 9.66. The van der Waals surface area contributed by atoms with E-state index in [1.807, 2.05) is 0 Å². The van der Waals surface area contributed by atoms with Gasteiger partial charge in [-0.3, -0.25) is 4.79 Å². The number of phenols is 1. The van der Waals surface area contributed by atoms with Crippen molar-refractivity contribution in [2.45, 2.75) is 0 Å². The van der Waals surface area contributed by atoms with Crippen LogP contribution in [-0.2, 0) is 0 Å². The van der Waals surface area contributed by atoms with Crippen LogP contribution in [-0.4, -0.2) is 21.2 Å². The van der Waals surface area contributed by atoms with Gasteiger partial charge < -0.3 is 15.4 Å². The highest BCUT2D eigenvalue weighted by molar-refractivity contribution is 6.37. The molecule has 17 heavy (non-hydrogen) atoms. The van der Waals surface area contributed by atoms with Crippen LogP contribution in [0.5, 0.6) is 5.75 Å². The molecule has 88 valence electrons. The van der Waals surface area contributed by atoms with Gasteiger partial charge in [0.05, 0.1) is 10.0 Å². The fourth-order valence-corrected chi connectivity index (χ4v) is 1.62. The van der Waals surface area contributed by atoms with Gasteiger partial charge in [-0.2, -0.15) is 4.98 Å². The molecule has 0 unspecified atom stereocenters. The van der Waals surface area contributed by atoms with E-state index in [-0.39, 0.29) is 27.5 Å². The molecule has 1 aromatic heterocycles. The Morgan fingerprint density at radius 3 is 2.41 bits per heavy atom. The molecule has 0 atom stereocenters. The van der Waals surface area contributed by atoms with Gasteiger partial charge in [0.2, 0.25) is 5.82 Å². The number of hydrogen-bond donors (Lipinski definition) is 2. The molecule has 0 radical (unpaired) electrons. The summed E-state index contributed by atoms with van der Waals surface area (Å²) in [4.78, 5) is 14.5. The number of nitrogens with zero attached hydrogens (tertiary/aromatic N) is 2. The maximum atomic E-state index is 10.8. The van der Waals surface area contributed by atoms with Crippen molar-refractivity contribution in [3.8, 4) is 17.1 Å². The monoisotopic (exact) mass is 273 g/mol. The van der Waals surface area contributed by atoms with Gasteiger partial charge in [-0.25, -0.2) is 0 Å². The summed E-state index contributed by atoms with van der Waals surface area (Å²) in [6.07, 6.45) is 0. The number of nitrogens with two attached hydrogens (primary N) is 1. The average Bonchev–Trinajstić information content (AvgIpc) is 2.74. The first-order valence-electron chi connectivity index (χ1n) is 4.31. The highest BCUT2D eigenvalue weighted by Crippen LogP contribution is 2.35. The van der Waals surface area contributed by atoms with Gasteiger partial charge in [-0.1, -0.05) is 28.4 Å². The fraction of sp³-hybridized carbons (Fsp3) is 0. The summed E-state index contributed by atoms with van der Waals surface area (Å²) < 4.78 is 4.61. The number of carbonyl (C=O) groups excluding carboxylic acids is 1. The average molecular weight is 274 g/mol. The smallest absolute Gasteiger partial charge is 0.316 e. The molecule has 0 saturated heterocycles. The third-order valence-corrected chi connectivity index (χ3v) is 2.49. The Bertz CT molecular complexity index is 574. The Kier molecular flexibility index (Phi) is 2.91. The maximum absolute atomic E-state index is 10.8.